The van der Waals surface area contributed by atoms with Crippen LogP contribution in [0, 0.1) is 5.82 Å². The SMILES string of the molecule is O=C(O)Cc1cc(-c2cccc(F)c2)cs1. The highest BCUT2D eigenvalue weighted by Gasteiger charge is 2.06. The molecule has 0 radical (unpaired) electrons. The van der Waals surface area contributed by atoms with Crippen LogP contribution in [0.3, 0.4) is 0 Å². The fourth-order valence-corrected chi connectivity index (χ4v) is 2.33. The maximum Gasteiger partial charge on any atom is 0.308 e. The predicted octanol–water partition coefficient (Wildman–Crippen LogP) is 3.18. The molecule has 16 heavy (non-hydrogen) atoms. The van der Waals surface area contributed by atoms with Crippen molar-refractivity contribution in [2.45, 2.75) is 6.42 Å². The molecule has 4 heteroatoms. The van der Waals surface area contributed by atoms with Crippen molar-refractivity contribution in [3.8, 4) is 11.1 Å². The minimum atomic E-state index is -0.854. The van der Waals surface area contributed by atoms with E-state index in [1.54, 1.807) is 18.2 Å². The highest BCUT2D eigenvalue weighted by Crippen LogP contribution is 2.26. The summed E-state index contributed by atoms with van der Waals surface area (Å²) in [6.07, 6.45) is 0.0139. The summed E-state index contributed by atoms with van der Waals surface area (Å²) in [4.78, 5) is 11.3. The van der Waals surface area contributed by atoms with Gasteiger partial charge in [-0.15, -0.1) is 11.3 Å². The minimum Gasteiger partial charge on any atom is -0.481 e. The summed E-state index contributed by atoms with van der Waals surface area (Å²) >= 11 is 1.38. The van der Waals surface area contributed by atoms with Gasteiger partial charge in [0.15, 0.2) is 0 Å². The fraction of sp³-hybridized carbons (Fsp3) is 0.0833. The van der Waals surface area contributed by atoms with Gasteiger partial charge in [-0.05, 0) is 34.7 Å². The first-order valence-electron chi connectivity index (χ1n) is 4.70. The average molecular weight is 236 g/mol. The molecular formula is C12H9FO2S. The molecule has 0 aliphatic rings. The van der Waals surface area contributed by atoms with Crippen LogP contribution >= 0.6 is 11.3 Å². The van der Waals surface area contributed by atoms with Gasteiger partial charge >= 0.3 is 5.97 Å². The molecule has 82 valence electrons. The number of hydrogen-bond acceptors (Lipinski definition) is 2. The summed E-state index contributed by atoms with van der Waals surface area (Å²) in [5, 5.41) is 10.5. The lowest BCUT2D eigenvalue weighted by molar-refractivity contribution is -0.136. The molecule has 1 N–H and O–H groups in total. The summed E-state index contributed by atoms with van der Waals surface area (Å²) in [6, 6.07) is 8.04. The van der Waals surface area contributed by atoms with Crippen molar-refractivity contribution in [1.82, 2.24) is 0 Å². The Kier molecular flexibility index (Phi) is 3.01. The zero-order valence-electron chi connectivity index (χ0n) is 8.31. The number of carboxylic acids is 1. The summed E-state index contributed by atoms with van der Waals surface area (Å²) in [6.45, 7) is 0. The van der Waals surface area contributed by atoms with Crippen LogP contribution in [0.4, 0.5) is 4.39 Å². The molecule has 0 atom stereocenters. The Morgan fingerprint density at radius 1 is 1.31 bits per heavy atom. The molecule has 1 heterocycles. The van der Waals surface area contributed by atoms with Gasteiger partial charge in [-0.25, -0.2) is 4.39 Å². The van der Waals surface area contributed by atoms with E-state index < -0.39 is 5.97 Å². The van der Waals surface area contributed by atoms with E-state index in [2.05, 4.69) is 0 Å². The highest BCUT2D eigenvalue weighted by atomic mass is 32.1. The second-order valence-corrected chi connectivity index (χ2v) is 4.38. The largest absolute Gasteiger partial charge is 0.481 e. The molecule has 0 bridgehead atoms. The average Bonchev–Trinajstić information content (AvgIpc) is 2.65. The van der Waals surface area contributed by atoms with Gasteiger partial charge in [-0.2, -0.15) is 0 Å². The summed E-state index contributed by atoms with van der Waals surface area (Å²) in [5.41, 5.74) is 1.63. The Balaban J connectivity index is 2.28. The maximum atomic E-state index is 13.0. The Bertz CT molecular complexity index is 519. The Morgan fingerprint density at radius 3 is 2.81 bits per heavy atom. The standard InChI is InChI=1S/C12H9FO2S/c13-10-3-1-2-8(4-10)9-5-11(16-7-9)6-12(14)15/h1-5,7H,6H2,(H,14,15). The molecule has 0 saturated heterocycles. The first-order chi connectivity index (χ1) is 7.65. The number of aliphatic carboxylic acids is 1. The Hall–Kier alpha value is -1.68. The van der Waals surface area contributed by atoms with Crippen molar-refractivity contribution in [2.75, 3.05) is 0 Å². The van der Waals surface area contributed by atoms with Crippen molar-refractivity contribution in [1.29, 1.82) is 0 Å². The predicted molar refractivity (Wildman–Crippen MR) is 61.1 cm³/mol. The smallest absolute Gasteiger partial charge is 0.308 e. The van der Waals surface area contributed by atoms with Crippen LogP contribution in [0.15, 0.2) is 35.7 Å². The first kappa shape index (κ1) is 10.8. The van der Waals surface area contributed by atoms with E-state index in [9.17, 15) is 9.18 Å². The second kappa shape index (κ2) is 4.45. The number of carbonyl (C=O) groups is 1. The van der Waals surface area contributed by atoms with Crippen LogP contribution in [0.2, 0.25) is 0 Å². The minimum absolute atomic E-state index is 0.0139. The number of hydrogen-bond donors (Lipinski definition) is 1. The number of benzene rings is 1. The van der Waals surface area contributed by atoms with E-state index in [0.717, 1.165) is 16.0 Å². The van der Waals surface area contributed by atoms with Crippen molar-refractivity contribution in [2.24, 2.45) is 0 Å². The summed E-state index contributed by atoms with van der Waals surface area (Å²) < 4.78 is 13.0. The zero-order chi connectivity index (χ0) is 11.5. The van der Waals surface area contributed by atoms with Crippen molar-refractivity contribution < 1.29 is 14.3 Å². The molecule has 0 fully saturated rings. The van der Waals surface area contributed by atoms with Gasteiger partial charge in [0.05, 0.1) is 6.42 Å². The quantitative estimate of drug-likeness (QED) is 0.888. The van der Waals surface area contributed by atoms with Crippen LogP contribution < -0.4 is 0 Å². The van der Waals surface area contributed by atoms with Gasteiger partial charge in [0.2, 0.25) is 0 Å². The van der Waals surface area contributed by atoms with E-state index >= 15 is 0 Å². The molecule has 2 aromatic rings. The van der Waals surface area contributed by atoms with E-state index in [0.29, 0.717) is 0 Å². The molecule has 2 nitrogen and oxygen atoms in total. The van der Waals surface area contributed by atoms with Gasteiger partial charge in [0.25, 0.3) is 0 Å². The zero-order valence-corrected chi connectivity index (χ0v) is 9.13. The molecule has 0 spiro atoms. The molecular weight excluding hydrogens is 227 g/mol. The van der Waals surface area contributed by atoms with Gasteiger partial charge in [0, 0.05) is 4.88 Å². The molecule has 0 aliphatic heterocycles. The first-order valence-corrected chi connectivity index (χ1v) is 5.58. The molecule has 0 aliphatic carbocycles. The van der Waals surface area contributed by atoms with Crippen molar-refractivity contribution in [3.05, 3.63) is 46.4 Å². The number of carboxylic acid groups (broad SMARTS) is 1. The Labute approximate surface area is 96.0 Å². The molecule has 0 amide bonds. The Morgan fingerprint density at radius 2 is 2.12 bits per heavy atom. The van der Waals surface area contributed by atoms with Gasteiger partial charge in [0.1, 0.15) is 5.82 Å². The number of rotatable bonds is 3. The van der Waals surface area contributed by atoms with Gasteiger partial charge in [-0.3, -0.25) is 4.79 Å². The normalized spacial score (nSPS) is 10.3. The van der Waals surface area contributed by atoms with Crippen LogP contribution in [0.5, 0.6) is 0 Å². The third-order valence-electron chi connectivity index (χ3n) is 2.14. The van der Waals surface area contributed by atoms with Crippen LogP contribution in [0.1, 0.15) is 4.88 Å². The lowest BCUT2D eigenvalue weighted by Crippen LogP contribution is -1.97. The second-order valence-electron chi connectivity index (χ2n) is 3.38. The lowest BCUT2D eigenvalue weighted by Gasteiger charge is -1.96. The number of thiophene rings is 1. The third kappa shape index (κ3) is 2.46. The highest BCUT2D eigenvalue weighted by molar-refractivity contribution is 7.10. The van der Waals surface area contributed by atoms with Crippen molar-refractivity contribution >= 4 is 17.3 Å². The van der Waals surface area contributed by atoms with E-state index in [4.69, 9.17) is 5.11 Å². The van der Waals surface area contributed by atoms with Crippen molar-refractivity contribution in [3.63, 3.8) is 0 Å². The van der Waals surface area contributed by atoms with E-state index in [-0.39, 0.29) is 12.2 Å². The van der Waals surface area contributed by atoms with E-state index in [1.165, 1.54) is 23.5 Å². The number of halogens is 1. The fourth-order valence-electron chi connectivity index (χ4n) is 1.44. The molecule has 0 unspecified atom stereocenters. The maximum absolute atomic E-state index is 13.0. The van der Waals surface area contributed by atoms with Crippen LogP contribution in [-0.2, 0) is 11.2 Å². The third-order valence-corrected chi connectivity index (χ3v) is 3.07. The van der Waals surface area contributed by atoms with Gasteiger partial charge < -0.3 is 5.11 Å². The lowest BCUT2D eigenvalue weighted by atomic mass is 10.1. The summed E-state index contributed by atoms with van der Waals surface area (Å²) in [5.74, 6) is -1.14. The molecule has 1 aromatic carbocycles. The molecule has 2 rings (SSSR count). The van der Waals surface area contributed by atoms with Crippen LogP contribution in [0.25, 0.3) is 11.1 Å². The topological polar surface area (TPSA) is 37.3 Å². The molecule has 0 saturated carbocycles. The monoisotopic (exact) mass is 236 g/mol. The van der Waals surface area contributed by atoms with Gasteiger partial charge in [-0.1, -0.05) is 12.1 Å². The van der Waals surface area contributed by atoms with Crippen LogP contribution in [-0.4, -0.2) is 11.1 Å². The summed E-state index contributed by atoms with van der Waals surface area (Å²) in [7, 11) is 0. The molecule has 1 aromatic heterocycles. The van der Waals surface area contributed by atoms with E-state index in [1.807, 2.05) is 5.38 Å².